The summed E-state index contributed by atoms with van der Waals surface area (Å²) in [5.74, 6) is 0.0954. The molecule has 1 aliphatic rings. The van der Waals surface area contributed by atoms with Gasteiger partial charge in [-0.05, 0) is 50.4 Å². The molecule has 1 saturated heterocycles. The van der Waals surface area contributed by atoms with Crippen molar-refractivity contribution >= 4 is 11.6 Å². The van der Waals surface area contributed by atoms with Crippen LogP contribution in [-0.2, 0) is 11.2 Å². The maximum absolute atomic E-state index is 12.0. The second-order valence-electron chi connectivity index (χ2n) is 5.41. The molecule has 3 nitrogen and oxygen atoms in total. The quantitative estimate of drug-likeness (QED) is 0.902. The molecule has 3 heteroatoms. The summed E-state index contributed by atoms with van der Waals surface area (Å²) in [5, 5.41) is 2.98. The fourth-order valence-corrected chi connectivity index (χ4v) is 2.60. The molecule has 0 saturated carbocycles. The van der Waals surface area contributed by atoms with Crippen molar-refractivity contribution in [3.05, 3.63) is 29.8 Å². The molecule has 1 unspecified atom stereocenters. The number of aryl methyl sites for hydroxylation is 1. The molecule has 0 bridgehead atoms. The predicted octanol–water partition coefficient (Wildman–Crippen LogP) is 3.06. The standard InChI is InChI=1S/C16H24N2O/c1-3-14-7-9-15(10-8-14)17-16(19)12-18-11-5-4-6-13(18)2/h7-10,13H,3-6,11-12H2,1-2H3,(H,17,19). The molecule has 104 valence electrons. The van der Waals surface area contributed by atoms with E-state index in [0.717, 1.165) is 18.7 Å². The Labute approximate surface area is 116 Å². The van der Waals surface area contributed by atoms with Crippen LogP contribution in [0.4, 0.5) is 5.69 Å². The van der Waals surface area contributed by atoms with Gasteiger partial charge in [0.2, 0.25) is 5.91 Å². The van der Waals surface area contributed by atoms with E-state index in [0.29, 0.717) is 12.6 Å². The molecule has 1 amide bonds. The zero-order valence-corrected chi connectivity index (χ0v) is 12.0. The first-order valence-electron chi connectivity index (χ1n) is 7.32. The molecule has 1 atom stereocenters. The summed E-state index contributed by atoms with van der Waals surface area (Å²) in [6.07, 6.45) is 4.73. The topological polar surface area (TPSA) is 32.3 Å². The predicted molar refractivity (Wildman–Crippen MR) is 79.3 cm³/mol. The minimum absolute atomic E-state index is 0.0954. The van der Waals surface area contributed by atoms with Crippen LogP contribution in [0.25, 0.3) is 0 Å². The Balaban J connectivity index is 1.86. The summed E-state index contributed by atoms with van der Waals surface area (Å²) < 4.78 is 0. The van der Waals surface area contributed by atoms with Gasteiger partial charge >= 0.3 is 0 Å². The van der Waals surface area contributed by atoms with Gasteiger partial charge in [-0.15, -0.1) is 0 Å². The Bertz CT molecular complexity index is 413. The molecule has 0 spiro atoms. The Morgan fingerprint density at radius 3 is 2.68 bits per heavy atom. The molecule has 2 rings (SSSR count). The highest BCUT2D eigenvalue weighted by Gasteiger charge is 2.20. The number of hydrogen-bond acceptors (Lipinski definition) is 2. The highest BCUT2D eigenvalue weighted by Crippen LogP contribution is 2.16. The average Bonchev–Trinajstić information content (AvgIpc) is 2.42. The number of amides is 1. The van der Waals surface area contributed by atoms with Gasteiger partial charge in [-0.2, -0.15) is 0 Å². The monoisotopic (exact) mass is 260 g/mol. The molecule has 0 radical (unpaired) electrons. The molecule has 19 heavy (non-hydrogen) atoms. The van der Waals surface area contributed by atoms with Crippen LogP contribution in [-0.4, -0.2) is 29.9 Å². The third-order valence-corrected chi connectivity index (χ3v) is 3.93. The van der Waals surface area contributed by atoms with E-state index in [1.54, 1.807) is 0 Å². The Morgan fingerprint density at radius 2 is 2.05 bits per heavy atom. The second-order valence-corrected chi connectivity index (χ2v) is 5.41. The summed E-state index contributed by atoms with van der Waals surface area (Å²) in [4.78, 5) is 14.3. The lowest BCUT2D eigenvalue weighted by Crippen LogP contribution is -2.42. The largest absolute Gasteiger partial charge is 0.325 e. The molecule has 1 heterocycles. The van der Waals surface area contributed by atoms with Gasteiger partial charge in [0, 0.05) is 11.7 Å². The number of nitrogens with one attached hydrogen (secondary N) is 1. The van der Waals surface area contributed by atoms with E-state index in [2.05, 4.69) is 36.2 Å². The second kappa shape index (κ2) is 6.71. The Morgan fingerprint density at radius 1 is 1.32 bits per heavy atom. The molecule has 1 aromatic carbocycles. The molecular formula is C16H24N2O. The highest BCUT2D eigenvalue weighted by atomic mass is 16.2. The van der Waals surface area contributed by atoms with E-state index < -0.39 is 0 Å². The van der Waals surface area contributed by atoms with Crippen LogP contribution in [0.1, 0.15) is 38.7 Å². The molecule has 1 aliphatic heterocycles. The SMILES string of the molecule is CCc1ccc(NC(=O)CN2CCCCC2C)cc1. The maximum atomic E-state index is 12.0. The van der Waals surface area contributed by atoms with Gasteiger partial charge < -0.3 is 5.32 Å². The minimum atomic E-state index is 0.0954. The summed E-state index contributed by atoms with van der Waals surface area (Å²) >= 11 is 0. The normalized spacial score (nSPS) is 20.2. The number of anilines is 1. The van der Waals surface area contributed by atoms with Gasteiger partial charge in [0.25, 0.3) is 0 Å². The van der Waals surface area contributed by atoms with Crippen molar-refractivity contribution in [2.45, 2.75) is 45.6 Å². The number of carbonyl (C=O) groups is 1. The van der Waals surface area contributed by atoms with Crippen molar-refractivity contribution in [3.8, 4) is 0 Å². The first-order valence-corrected chi connectivity index (χ1v) is 7.32. The number of benzene rings is 1. The van der Waals surface area contributed by atoms with Gasteiger partial charge in [0.05, 0.1) is 6.54 Å². The van der Waals surface area contributed by atoms with Crippen LogP contribution >= 0.6 is 0 Å². The zero-order valence-electron chi connectivity index (χ0n) is 12.0. The third-order valence-electron chi connectivity index (χ3n) is 3.93. The van der Waals surface area contributed by atoms with Crippen LogP contribution in [0.5, 0.6) is 0 Å². The lowest BCUT2D eigenvalue weighted by molar-refractivity contribution is -0.118. The lowest BCUT2D eigenvalue weighted by Gasteiger charge is -2.32. The fraction of sp³-hybridized carbons (Fsp3) is 0.562. The first-order chi connectivity index (χ1) is 9.19. The van der Waals surface area contributed by atoms with Gasteiger partial charge in [-0.3, -0.25) is 9.69 Å². The minimum Gasteiger partial charge on any atom is -0.325 e. The molecule has 1 N–H and O–H groups in total. The molecule has 0 aliphatic carbocycles. The van der Waals surface area contributed by atoms with Gasteiger partial charge in [0.1, 0.15) is 0 Å². The molecule has 0 aromatic heterocycles. The van der Waals surface area contributed by atoms with Gasteiger partial charge in [-0.25, -0.2) is 0 Å². The number of rotatable bonds is 4. The smallest absolute Gasteiger partial charge is 0.238 e. The molecular weight excluding hydrogens is 236 g/mol. The Kier molecular flexibility index (Phi) is 4.97. The van der Waals surface area contributed by atoms with Crippen molar-refractivity contribution in [1.29, 1.82) is 0 Å². The van der Waals surface area contributed by atoms with Gasteiger partial charge in [0.15, 0.2) is 0 Å². The number of nitrogens with zero attached hydrogens (tertiary/aromatic N) is 1. The van der Waals surface area contributed by atoms with E-state index in [1.807, 2.05) is 12.1 Å². The molecule has 1 fully saturated rings. The Hall–Kier alpha value is -1.35. The highest BCUT2D eigenvalue weighted by molar-refractivity contribution is 5.92. The summed E-state index contributed by atoms with van der Waals surface area (Å²) in [7, 11) is 0. The third kappa shape index (κ3) is 4.06. The van der Waals surface area contributed by atoms with Crippen LogP contribution in [0, 0.1) is 0 Å². The average molecular weight is 260 g/mol. The van der Waals surface area contributed by atoms with Crippen LogP contribution < -0.4 is 5.32 Å². The van der Waals surface area contributed by atoms with Crippen LogP contribution in [0.3, 0.4) is 0 Å². The van der Waals surface area contributed by atoms with Crippen molar-refractivity contribution in [2.24, 2.45) is 0 Å². The van der Waals surface area contributed by atoms with E-state index >= 15 is 0 Å². The van der Waals surface area contributed by atoms with Crippen molar-refractivity contribution < 1.29 is 4.79 Å². The summed E-state index contributed by atoms with van der Waals surface area (Å²) in [6.45, 7) is 5.90. The van der Waals surface area contributed by atoms with Crippen molar-refractivity contribution in [2.75, 3.05) is 18.4 Å². The first kappa shape index (κ1) is 14.1. The number of hydrogen-bond donors (Lipinski definition) is 1. The van der Waals surface area contributed by atoms with Crippen LogP contribution in [0.15, 0.2) is 24.3 Å². The maximum Gasteiger partial charge on any atom is 0.238 e. The summed E-state index contributed by atoms with van der Waals surface area (Å²) in [5.41, 5.74) is 2.19. The van der Waals surface area contributed by atoms with Crippen molar-refractivity contribution in [1.82, 2.24) is 4.90 Å². The summed E-state index contributed by atoms with van der Waals surface area (Å²) in [6, 6.07) is 8.63. The van der Waals surface area contributed by atoms with E-state index in [9.17, 15) is 4.79 Å². The number of piperidine rings is 1. The fourth-order valence-electron chi connectivity index (χ4n) is 2.60. The van der Waals surface area contributed by atoms with Gasteiger partial charge in [-0.1, -0.05) is 25.5 Å². The molecule has 1 aromatic rings. The van der Waals surface area contributed by atoms with Crippen molar-refractivity contribution in [3.63, 3.8) is 0 Å². The zero-order chi connectivity index (χ0) is 13.7. The van der Waals surface area contributed by atoms with E-state index in [4.69, 9.17) is 0 Å². The van der Waals surface area contributed by atoms with Crippen LogP contribution in [0.2, 0.25) is 0 Å². The van der Waals surface area contributed by atoms with E-state index in [1.165, 1.54) is 24.8 Å². The lowest BCUT2D eigenvalue weighted by atomic mass is 10.0. The number of carbonyl (C=O) groups excluding carboxylic acids is 1. The van der Waals surface area contributed by atoms with E-state index in [-0.39, 0.29) is 5.91 Å². The number of likely N-dealkylation sites (tertiary alicyclic amines) is 1.